The van der Waals surface area contributed by atoms with Crippen molar-refractivity contribution in [2.75, 3.05) is 19.0 Å². The van der Waals surface area contributed by atoms with Gasteiger partial charge < -0.3 is 14.8 Å². The molecule has 27 heavy (non-hydrogen) atoms. The van der Waals surface area contributed by atoms with Crippen molar-refractivity contribution in [3.05, 3.63) is 70.4 Å². The lowest BCUT2D eigenvalue weighted by atomic mass is 10.1. The van der Waals surface area contributed by atoms with Gasteiger partial charge in [-0.2, -0.15) is 0 Å². The maximum Gasteiger partial charge on any atom is 0.349 e. The monoisotopic (exact) mass is 381 g/mol. The van der Waals surface area contributed by atoms with Crippen LogP contribution in [0.5, 0.6) is 5.75 Å². The fourth-order valence-electron chi connectivity index (χ4n) is 2.56. The van der Waals surface area contributed by atoms with E-state index in [9.17, 15) is 9.59 Å². The third kappa shape index (κ3) is 4.54. The van der Waals surface area contributed by atoms with Gasteiger partial charge in [0.25, 0.3) is 5.91 Å². The summed E-state index contributed by atoms with van der Waals surface area (Å²) in [5.41, 5.74) is 3.41. The van der Waals surface area contributed by atoms with Gasteiger partial charge >= 0.3 is 5.97 Å². The molecule has 0 saturated heterocycles. The lowest BCUT2D eigenvalue weighted by molar-refractivity contribution is -0.119. The molecule has 3 rings (SSSR count). The summed E-state index contributed by atoms with van der Waals surface area (Å²) < 4.78 is 10.4. The molecule has 0 bridgehead atoms. The SMILES string of the molecule is COc1ccccc1NC(=O)COC(=O)c1sccc1-c1ccc(C)cc1. The number of hydrogen-bond acceptors (Lipinski definition) is 5. The molecule has 0 saturated carbocycles. The average molecular weight is 381 g/mol. The molecular formula is C21H19NO4S. The van der Waals surface area contributed by atoms with E-state index >= 15 is 0 Å². The minimum atomic E-state index is -0.518. The second-order valence-electron chi connectivity index (χ2n) is 5.85. The Hall–Kier alpha value is -3.12. The Morgan fingerprint density at radius 3 is 2.52 bits per heavy atom. The van der Waals surface area contributed by atoms with Crippen LogP contribution in [-0.2, 0) is 9.53 Å². The fraction of sp³-hybridized carbons (Fsp3) is 0.143. The smallest absolute Gasteiger partial charge is 0.349 e. The number of carbonyl (C=O) groups excluding carboxylic acids is 2. The molecule has 1 N–H and O–H groups in total. The van der Waals surface area contributed by atoms with Crippen molar-refractivity contribution in [3.63, 3.8) is 0 Å². The van der Waals surface area contributed by atoms with Crippen LogP contribution in [-0.4, -0.2) is 25.6 Å². The van der Waals surface area contributed by atoms with E-state index in [1.165, 1.54) is 18.4 Å². The molecule has 3 aromatic rings. The third-order valence-corrected chi connectivity index (χ3v) is 4.82. The second kappa shape index (κ2) is 8.51. The van der Waals surface area contributed by atoms with Crippen molar-refractivity contribution < 1.29 is 19.1 Å². The lowest BCUT2D eigenvalue weighted by Gasteiger charge is -2.10. The number of para-hydroxylation sites is 2. The van der Waals surface area contributed by atoms with Gasteiger partial charge in [-0.25, -0.2) is 4.79 Å². The predicted molar refractivity (Wildman–Crippen MR) is 106 cm³/mol. The molecule has 5 nitrogen and oxygen atoms in total. The first-order valence-corrected chi connectivity index (χ1v) is 9.21. The molecule has 0 atom stereocenters. The molecule has 1 amide bonds. The van der Waals surface area contributed by atoms with Crippen LogP contribution in [0.3, 0.4) is 0 Å². The predicted octanol–water partition coefficient (Wildman–Crippen LogP) is 4.53. The van der Waals surface area contributed by atoms with Crippen LogP contribution in [0.1, 0.15) is 15.2 Å². The zero-order valence-corrected chi connectivity index (χ0v) is 15.8. The van der Waals surface area contributed by atoms with Crippen LogP contribution >= 0.6 is 11.3 Å². The van der Waals surface area contributed by atoms with E-state index in [1.807, 2.05) is 42.6 Å². The first kappa shape index (κ1) is 18.7. The summed E-state index contributed by atoms with van der Waals surface area (Å²) in [6, 6.07) is 16.8. The molecule has 0 radical (unpaired) electrons. The highest BCUT2D eigenvalue weighted by molar-refractivity contribution is 7.12. The lowest BCUT2D eigenvalue weighted by Crippen LogP contribution is -2.21. The van der Waals surface area contributed by atoms with Gasteiger partial charge in [0, 0.05) is 5.56 Å². The van der Waals surface area contributed by atoms with Crippen molar-refractivity contribution in [1.82, 2.24) is 0 Å². The molecule has 6 heteroatoms. The van der Waals surface area contributed by atoms with Gasteiger partial charge in [0.2, 0.25) is 0 Å². The van der Waals surface area contributed by atoms with Crippen LogP contribution in [0.15, 0.2) is 60.0 Å². The molecule has 2 aromatic carbocycles. The molecular weight excluding hydrogens is 362 g/mol. The molecule has 138 valence electrons. The van der Waals surface area contributed by atoms with Gasteiger partial charge in [-0.1, -0.05) is 42.0 Å². The summed E-state index contributed by atoms with van der Waals surface area (Å²) in [7, 11) is 1.52. The van der Waals surface area contributed by atoms with Crippen molar-refractivity contribution in [1.29, 1.82) is 0 Å². The minimum absolute atomic E-state index is 0.373. The van der Waals surface area contributed by atoms with Crippen molar-refractivity contribution in [2.24, 2.45) is 0 Å². The Kier molecular flexibility index (Phi) is 5.88. The summed E-state index contributed by atoms with van der Waals surface area (Å²) in [5.74, 6) is -0.408. The van der Waals surface area contributed by atoms with Gasteiger partial charge in [0.05, 0.1) is 12.8 Å². The van der Waals surface area contributed by atoms with Gasteiger partial charge in [0.1, 0.15) is 10.6 Å². The number of benzene rings is 2. The fourth-order valence-corrected chi connectivity index (χ4v) is 3.37. The average Bonchev–Trinajstić information content (AvgIpc) is 3.17. The molecule has 0 fully saturated rings. The Labute approximate surface area is 161 Å². The zero-order valence-electron chi connectivity index (χ0n) is 15.0. The first-order valence-electron chi connectivity index (χ1n) is 8.33. The molecule has 0 spiro atoms. The molecule has 0 aliphatic carbocycles. The van der Waals surface area contributed by atoms with Crippen LogP contribution < -0.4 is 10.1 Å². The number of carbonyl (C=O) groups is 2. The van der Waals surface area contributed by atoms with Crippen molar-refractivity contribution in [2.45, 2.75) is 6.92 Å². The number of nitrogens with one attached hydrogen (secondary N) is 1. The number of aryl methyl sites for hydroxylation is 1. The number of thiophene rings is 1. The summed E-state index contributed by atoms with van der Waals surface area (Å²) in [6.07, 6.45) is 0. The van der Waals surface area contributed by atoms with Gasteiger partial charge in [0.15, 0.2) is 6.61 Å². The number of anilines is 1. The quantitative estimate of drug-likeness (QED) is 0.637. The first-order chi connectivity index (χ1) is 13.1. The van der Waals surface area contributed by atoms with E-state index in [1.54, 1.807) is 24.3 Å². The van der Waals surface area contributed by atoms with E-state index in [-0.39, 0.29) is 6.61 Å². The maximum atomic E-state index is 12.4. The molecule has 1 aromatic heterocycles. The number of methoxy groups -OCH3 is 1. The standard InChI is InChI=1S/C21H19NO4S/c1-14-7-9-15(10-8-14)16-11-12-27-20(16)21(24)26-13-19(23)22-17-5-3-4-6-18(17)25-2/h3-12H,13H2,1-2H3,(H,22,23). The topological polar surface area (TPSA) is 64.6 Å². The highest BCUT2D eigenvalue weighted by atomic mass is 32.1. The minimum Gasteiger partial charge on any atom is -0.495 e. The molecule has 1 heterocycles. The zero-order chi connectivity index (χ0) is 19.2. The summed E-state index contributed by atoms with van der Waals surface area (Å²) in [4.78, 5) is 25.0. The Bertz CT molecular complexity index is 947. The van der Waals surface area contributed by atoms with E-state index in [0.29, 0.717) is 16.3 Å². The number of ether oxygens (including phenoxy) is 2. The number of rotatable bonds is 6. The maximum absolute atomic E-state index is 12.4. The Balaban J connectivity index is 1.64. The van der Waals surface area contributed by atoms with Crippen LogP contribution in [0.4, 0.5) is 5.69 Å². The number of esters is 1. The van der Waals surface area contributed by atoms with Crippen LogP contribution in [0.25, 0.3) is 11.1 Å². The molecule has 0 aliphatic rings. The number of amides is 1. The summed E-state index contributed by atoms with van der Waals surface area (Å²) in [6.45, 7) is 1.63. The van der Waals surface area contributed by atoms with E-state index in [4.69, 9.17) is 9.47 Å². The number of hydrogen-bond donors (Lipinski definition) is 1. The Morgan fingerprint density at radius 1 is 1.04 bits per heavy atom. The highest BCUT2D eigenvalue weighted by Gasteiger charge is 2.17. The summed E-state index contributed by atoms with van der Waals surface area (Å²) in [5, 5.41) is 4.51. The highest BCUT2D eigenvalue weighted by Crippen LogP contribution is 2.29. The normalized spacial score (nSPS) is 10.3. The summed E-state index contributed by atoms with van der Waals surface area (Å²) >= 11 is 1.29. The van der Waals surface area contributed by atoms with Crippen LogP contribution in [0.2, 0.25) is 0 Å². The van der Waals surface area contributed by atoms with Gasteiger partial charge in [-0.3, -0.25) is 4.79 Å². The van der Waals surface area contributed by atoms with Crippen molar-refractivity contribution >= 4 is 28.9 Å². The Morgan fingerprint density at radius 2 is 1.78 bits per heavy atom. The van der Waals surface area contributed by atoms with Crippen LogP contribution in [0, 0.1) is 6.92 Å². The van der Waals surface area contributed by atoms with E-state index in [0.717, 1.165) is 16.7 Å². The van der Waals surface area contributed by atoms with Gasteiger partial charge in [-0.15, -0.1) is 11.3 Å². The molecule has 0 aliphatic heterocycles. The molecule has 0 unspecified atom stereocenters. The third-order valence-electron chi connectivity index (χ3n) is 3.93. The van der Waals surface area contributed by atoms with Crippen molar-refractivity contribution in [3.8, 4) is 16.9 Å². The van der Waals surface area contributed by atoms with Gasteiger partial charge in [-0.05, 0) is 36.1 Å². The largest absolute Gasteiger partial charge is 0.495 e. The van der Waals surface area contributed by atoms with E-state index in [2.05, 4.69) is 5.32 Å². The van der Waals surface area contributed by atoms with E-state index < -0.39 is 11.9 Å². The second-order valence-corrected chi connectivity index (χ2v) is 6.77.